The summed E-state index contributed by atoms with van der Waals surface area (Å²) in [6, 6.07) is 14.0. The van der Waals surface area contributed by atoms with Gasteiger partial charge in [0.05, 0.1) is 5.75 Å². The van der Waals surface area contributed by atoms with Gasteiger partial charge in [-0.3, -0.25) is 14.5 Å². The topological polar surface area (TPSA) is 49.4 Å². The van der Waals surface area contributed by atoms with Gasteiger partial charge in [0.1, 0.15) is 5.37 Å². The van der Waals surface area contributed by atoms with Gasteiger partial charge in [-0.25, -0.2) is 0 Å². The first kappa shape index (κ1) is 17.5. The molecule has 2 amide bonds. The number of aryl methyl sites for hydroxylation is 2. The van der Waals surface area contributed by atoms with Crippen LogP contribution in [0.3, 0.4) is 0 Å². The summed E-state index contributed by atoms with van der Waals surface area (Å²) in [4.78, 5) is 26.0. The smallest absolute Gasteiger partial charge is 0.238 e. The molecule has 1 aliphatic heterocycles. The van der Waals surface area contributed by atoms with Crippen LogP contribution < -0.4 is 10.2 Å². The van der Waals surface area contributed by atoms with Gasteiger partial charge in [0.25, 0.3) is 0 Å². The Morgan fingerprint density at radius 2 is 1.92 bits per heavy atom. The highest BCUT2D eigenvalue weighted by molar-refractivity contribution is 8.00. The minimum Gasteiger partial charge on any atom is -0.326 e. The minimum absolute atomic E-state index is 0.0153. The Morgan fingerprint density at radius 3 is 2.60 bits per heavy atom. The average molecular weight is 354 g/mol. The van der Waals surface area contributed by atoms with Gasteiger partial charge < -0.3 is 5.32 Å². The molecule has 0 bridgehead atoms. The molecule has 1 atom stereocenters. The number of benzene rings is 2. The van der Waals surface area contributed by atoms with Crippen molar-refractivity contribution in [3.05, 3.63) is 59.2 Å². The van der Waals surface area contributed by atoms with Crippen LogP contribution in [0, 0.1) is 13.8 Å². The van der Waals surface area contributed by atoms with Crippen molar-refractivity contribution in [3.8, 4) is 0 Å². The van der Waals surface area contributed by atoms with Crippen LogP contribution in [-0.2, 0) is 9.59 Å². The zero-order valence-electron chi connectivity index (χ0n) is 14.7. The van der Waals surface area contributed by atoms with E-state index in [2.05, 4.69) is 11.4 Å². The average Bonchev–Trinajstić information content (AvgIpc) is 2.95. The van der Waals surface area contributed by atoms with Gasteiger partial charge >= 0.3 is 0 Å². The molecule has 1 fully saturated rings. The van der Waals surface area contributed by atoms with Gasteiger partial charge in [-0.1, -0.05) is 25.1 Å². The number of hydrogen-bond donors (Lipinski definition) is 1. The monoisotopic (exact) mass is 354 g/mol. The number of thioether (sulfide) groups is 1. The Balaban J connectivity index is 1.94. The maximum Gasteiger partial charge on any atom is 0.238 e. The van der Waals surface area contributed by atoms with E-state index >= 15 is 0 Å². The van der Waals surface area contributed by atoms with E-state index in [9.17, 15) is 9.59 Å². The summed E-state index contributed by atoms with van der Waals surface area (Å²) in [5.41, 5.74) is 5.00. The van der Waals surface area contributed by atoms with Crippen LogP contribution in [0.15, 0.2) is 42.5 Å². The van der Waals surface area contributed by atoms with Gasteiger partial charge in [0, 0.05) is 17.8 Å². The molecule has 1 heterocycles. The molecule has 1 saturated heterocycles. The highest BCUT2D eigenvalue weighted by atomic mass is 32.2. The van der Waals surface area contributed by atoms with Crippen molar-refractivity contribution in [1.82, 2.24) is 0 Å². The number of amides is 2. The van der Waals surface area contributed by atoms with Crippen LogP contribution in [-0.4, -0.2) is 17.6 Å². The Labute approximate surface area is 152 Å². The lowest BCUT2D eigenvalue weighted by Gasteiger charge is -2.25. The molecule has 4 nitrogen and oxygen atoms in total. The highest BCUT2D eigenvalue weighted by Gasteiger charge is 2.34. The van der Waals surface area contributed by atoms with Gasteiger partial charge in [0.2, 0.25) is 11.8 Å². The summed E-state index contributed by atoms with van der Waals surface area (Å²) in [5.74, 6) is 0.560. The van der Waals surface area contributed by atoms with Crippen LogP contribution in [0.5, 0.6) is 0 Å². The molecule has 1 aliphatic rings. The van der Waals surface area contributed by atoms with Gasteiger partial charge in [0.15, 0.2) is 0 Å². The van der Waals surface area contributed by atoms with Gasteiger partial charge in [-0.2, -0.15) is 0 Å². The molecular weight excluding hydrogens is 332 g/mol. The minimum atomic E-state index is -0.0767. The van der Waals surface area contributed by atoms with Crippen LogP contribution in [0.25, 0.3) is 0 Å². The fourth-order valence-electron chi connectivity index (χ4n) is 3.06. The number of carbonyl (C=O) groups is 2. The van der Waals surface area contributed by atoms with Crippen LogP contribution in [0.1, 0.15) is 35.4 Å². The molecular formula is C20H22N2O2S. The molecule has 2 aromatic carbocycles. The normalized spacial score (nSPS) is 17.0. The first-order chi connectivity index (χ1) is 12.0. The number of hydrogen-bond acceptors (Lipinski definition) is 3. The van der Waals surface area contributed by atoms with Crippen molar-refractivity contribution in [2.45, 2.75) is 32.6 Å². The number of anilines is 2. The number of nitrogens with zero attached hydrogens (tertiary/aromatic N) is 1. The molecule has 0 spiro atoms. The lowest BCUT2D eigenvalue weighted by Crippen LogP contribution is -2.28. The van der Waals surface area contributed by atoms with E-state index in [1.807, 2.05) is 62.1 Å². The predicted molar refractivity (Wildman–Crippen MR) is 104 cm³/mol. The molecule has 2 aromatic rings. The molecule has 5 heteroatoms. The molecule has 1 N–H and O–H groups in total. The Hall–Kier alpha value is -2.27. The summed E-state index contributed by atoms with van der Waals surface area (Å²) in [5, 5.41) is 2.81. The number of rotatable bonds is 4. The molecule has 3 rings (SSSR count). The third kappa shape index (κ3) is 3.87. The molecule has 0 saturated carbocycles. The molecule has 0 unspecified atom stereocenters. The summed E-state index contributed by atoms with van der Waals surface area (Å²) < 4.78 is 0. The van der Waals surface area contributed by atoms with E-state index in [0.717, 1.165) is 28.1 Å². The third-order valence-corrected chi connectivity index (χ3v) is 5.34. The Bertz CT molecular complexity index is 799. The first-order valence-electron chi connectivity index (χ1n) is 8.39. The zero-order valence-corrected chi connectivity index (χ0v) is 15.5. The number of nitrogens with one attached hydrogen (secondary N) is 1. The van der Waals surface area contributed by atoms with Crippen LogP contribution >= 0.6 is 11.8 Å². The maximum atomic E-state index is 12.5. The summed E-state index contributed by atoms with van der Waals surface area (Å²) in [6.45, 7) is 5.91. The largest absolute Gasteiger partial charge is 0.326 e. The van der Waals surface area contributed by atoms with Crippen molar-refractivity contribution in [3.63, 3.8) is 0 Å². The van der Waals surface area contributed by atoms with Crippen molar-refractivity contribution >= 4 is 35.0 Å². The molecule has 25 heavy (non-hydrogen) atoms. The van der Waals surface area contributed by atoms with Crippen molar-refractivity contribution in [2.75, 3.05) is 16.0 Å². The third-order valence-electron chi connectivity index (χ3n) is 4.13. The molecule has 0 aliphatic carbocycles. The fraction of sp³-hybridized carbons (Fsp3) is 0.300. The van der Waals surface area contributed by atoms with Crippen molar-refractivity contribution in [2.24, 2.45) is 0 Å². The lowest BCUT2D eigenvalue weighted by atomic mass is 10.1. The molecule has 130 valence electrons. The van der Waals surface area contributed by atoms with Crippen LogP contribution in [0.2, 0.25) is 0 Å². The second kappa shape index (κ2) is 7.31. The predicted octanol–water partition coefficient (Wildman–Crippen LogP) is 4.43. The fourth-order valence-corrected chi connectivity index (χ4v) is 4.23. The number of carbonyl (C=O) groups excluding carboxylic acids is 2. The SMILES string of the molecule is CCC(=O)Nc1cccc([C@H]2SCC(=O)N2c2cc(C)cc(C)c2)c1. The molecule has 0 aromatic heterocycles. The lowest BCUT2D eigenvalue weighted by molar-refractivity contribution is -0.116. The highest BCUT2D eigenvalue weighted by Crippen LogP contribution is 2.42. The second-order valence-corrected chi connectivity index (χ2v) is 7.37. The van der Waals surface area contributed by atoms with Gasteiger partial charge in [-0.15, -0.1) is 11.8 Å². The summed E-state index contributed by atoms with van der Waals surface area (Å²) >= 11 is 1.62. The van der Waals surface area contributed by atoms with Crippen molar-refractivity contribution < 1.29 is 9.59 Å². The van der Waals surface area contributed by atoms with E-state index in [4.69, 9.17) is 0 Å². The zero-order chi connectivity index (χ0) is 18.0. The Morgan fingerprint density at radius 1 is 1.20 bits per heavy atom. The van der Waals surface area contributed by atoms with Crippen LogP contribution in [0.4, 0.5) is 11.4 Å². The summed E-state index contributed by atoms with van der Waals surface area (Å²) in [6.07, 6.45) is 0.440. The second-order valence-electron chi connectivity index (χ2n) is 6.30. The quantitative estimate of drug-likeness (QED) is 0.883. The van der Waals surface area contributed by atoms with E-state index < -0.39 is 0 Å². The summed E-state index contributed by atoms with van der Waals surface area (Å²) in [7, 11) is 0. The van der Waals surface area contributed by atoms with E-state index in [-0.39, 0.29) is 17.2 Å². The Kier molecular flexibility index (Phi) is 5.13. The maximum absolute atomic E-state index is 12.5. The van der Waals surface area contributed by atoms with Crippen molar-refractivity contribution in [1.29, 1.82) is 0 Å². The van der Waals surface area contributed by atoms with Gasteiger partial charge in [-0.05, 0) is 54.8 Å². The molecule has 0 radical (unpaired) electrons. The first-order valence-corrected chi connectivity index (χ1v) is 9.44. The van der Waals surface area contributed by atoms with E-state index in [1.54, 1.807) is 11.8 Å². The van der Waals surface area contributed by atoms with E-state index in [1.165, 1.54) is 0 Å². The van der Waals surface area contributed by atoms with E-state index in [0.29, 0.717) is 12.2 Å². The standard InChI is InChI=1S/C20H22N2O2S/c1-4-18(23)21-16-7-5-6-15(11-16)20-22(19(24)12-25-20)17-9-13(2)8-14(3)10-17/h5-11,20H,4,12H2,1-3H3,(H,21,23)/t20-/m1/s1.